The molecule has 1 fully saturated rings. The predicted molar refractivity (Wildman–Crippen MR) is 92.1 cm³/mol. The number of morpholine rings is 1. The first kappa shape index (κ1) is 17.3. The first-order valence-electron chi connectivity index (χ1n) is 8.33. The molecule has 0 spiro atoms. The maximum atomic E-state index is 13.1. The van der Waals surface area contributed by atoms with Crippen LogP contribution in [0.3, 0.4) is 0 Å². The molecule has 0 bridgehead atoms. The normalized spacial score (nSPS) is 14.9. The van der Waals surface area contributed by atoms with Crippen LogP contribution in [0.15, 0.2) is 24.7 Å². The van der Waals surface area contributed by atoms with Crippen molar-refractivity contribution in [3.8, 4) is 0 Å². The molecule has 3 aromatic heterocycles. The van der Waals surface area contributed by atoms with Crippen LogP contribution < -0.4 is 10.2 Å². The van der Waals surface area contributed by atoms with Crippen LogP contribution in [0.1, 0.15) is 22.5 Å². The first-order chi connectivity index (χ1) is 13.0. The van der Waals surface area contributed by atoms with E-state index in [2.05, 4.69) is 20.5 Å². The van der Waals surface area contributed by atoms with Crippen LogP contribution in [0.5, 0.6) is 0 Å². The quantitative estimate of drug-likeness (QED) is 0.741. The van der Waals surface area contributed by atoms with E-state index in [1.807, 2.05) is 11.0 Å². The third-order valence-electron chi connectivity index (χ3n) is 4.25. The molecule has 0 unspecified atom stereocenters. The summed E-state index contributed by atoms with van der Waals surface area (Å²) >= 11 is 0. The van der Waals surface area contributed by atoms with Gasteiger partial charge in [-0.3, -0.25) is 9.48 Å². The molecule has 4 rings (SSSR count). The molecule has 27 heavy (non-hydrogen) atoms. The van der Waals surface area contributed by atoms with Crippen molar-refractivity contribution >= 4 is 23.1 Å². The summed E-state index contributed by atoms with van der Waals surface area (Å²) in [5, 5.41) is 10.3. The molecule has 0 aromatic carbocycles. The lowest BCUT2D eigenvalue weighted by Gasteiger charge is -2.27. The number of nitrogens with zero attached hydrogens (tertiary/aromatic N) is 6. The van der Waals surface area contributed by atoms with E-state index in [9.17, 15) is 13.6 Å². The maximum absolute atomic E-state index is 13.1. The van der Waals surface area contributed by atoms with E-state index in [1.165, 1.54) is 28.6 Å². The Balaban J connectivity index is 1.64. The molecular weight excluding hydrogens is 360 g/mol. The van der Waals surface area contributed by atoms with Gasteiger partial charge in [-0.2, -0.15) is 10.2 Å². The van der Waals surface area contributed by atoms with Crippen molar-refractivity contribution < 1.29 is 18.3 Å². The standard InChI is InChI=1S/C16H17F2N7O2/c1-23-9-11(13(22-23)14(17)18)20-16(26)10-8-19-25-3-2-12(21-15(10)25)24-4-6-27-7-5-24/h2-3,8-9,14H,4-7H2,1H3,(H,20,26). The second-order valence-electron chi connectivity index (χ2n) is 6.07. The van der Waals surface area contributed by atoms with Gasteiger partial charge in [0, 0.05) is 32.5 Å². The monoisotopic (exact) mass is 377 g/mol. The SMILES string of the molecule is Cn1cc(NC(=O)c2cnn3ccc(N4CCOCC4)nc23)c(C(F)F)n1. The lowest BCUT2D eigenvalue weighted by atomic mass is 10.3. The van der Waals surface area contributed by atoms with Gasteiger partial charge in [-0.1, -0.05) is 0 Å². The van der Waals surface area contributed by atoms with Crippen LogP contribution in [-0.4, -0.2) is 56.6 Å². The number of aromatic nitrogens is 5. The van der Waals surface area contributed by atoms with Gasteiger partial charge in [-0.15, -0.1) is 0 Å². The molecule has 9 nitrogen and oxygen atoms in total. The molecule has 3 aromatic rings. The van der Waals surface area contributed by atoms with Crippen LogP contribution in [0.2, 0.25) is 0 Å². The van der Waals surface area contributed by atoms with Crippen molar-refractivity contribution in [2.45, 2.75) is 6.43 Å². The molecule has 4 heterocycles. The van der Waals surface area contributed by atoms with Gasteiger partial charge in [-0.05, 0) is 6.07 Å². The highest BCUT2D eigenvalue weighted by Crippen LogP contribution is 2.26. The summed E-state index contributed by atoms with van der Waals surface area (Å²) in [6.07, 6.45) is 1.60. The summed E-state index contributed by atoms with van der Waals surface area (Å²) in [7, 11) is 1.51. The minimum absolute atomic E-state index is 0.0406. The summed E-state index contributed by atoms with van der Waals surface area (Å²) in [6.45, 7) is 2.62. The summed E-state index contributed by atoms with van der Waals surface area (Å²) in [6, 6.07) is 1.81. The molecule has 1 N–H and O–H groups in total. The van der Waals surface area contributed by atoms with Gasteiger partial charge in [0.2, 0.25) is 0 Å². The Labute approximate surface area is 152 Å². The average Bonchev–Trinajstić information content (AvgIpc) is 3.25. The van der Waals surface area contributed by atoms with Crippen molar-refractivity contribution in [1.82, 2.24) is 24.4 Å². The molecule has 11 heteroatoms. The number of fused-ring (bicyclic) bond motifs is 1. The number of ether oxygens (including phenoxy) is 1. The number of carbonyl (C=O) groups excluding carboxylic acids is 1. The summed E-state index contributed by atoms with van der Waals surface area (Å²) in [5.41, 5.74) is 0.0126. The Hall–Kier alpha value is -3.08. The minimum atomic E-state index is -2.79. The zero-order chi connectivity index (χ0) is 19.0. The molecular formula is C16H17F2N7O2. The smallest absolute Gasteiger partial charge is 0.284 e. The molecule has 0 saturated carbocycles. The zero-order valence-corrected chi connectivity index (χ0v) is 14.5. The Morgan fingerprint density at radius 2 is 2.11 bits per heavy atom. The Morgan fingerprint density at radius 1 is 1.33 bits per heavy atom. The topological polar surface area (TPSA) is 89.6 Å². The van der Waals surface area contributed by atoms with E-state index in [-0.39, 0.29) is 11.3 Å². The average molecular weight is 377 g/mol. The van der Waals surface area contributed by atoms with Crippen molar-refractivity contribution in [2.75, 3.05) is 36.5 Å². The second-order valence-corrected chi connectivity index (χ2v) is 6.07. The number of nitrogens with one attached hydrogen (secondary N) is 1. The molecule has 1 amide bonds. The lowest BCUT2D eigenvalue weighted by Crippen LogP contribution is -2.36. The van der Waals surface area contributed by atoms with Crippen LogP contribution in [0.4, 0.5) is 20.3 Å². The number of hydrogen-bond acceptors (Lipinski definition) is 6. The second kappa shape index (κ2) is 6.91. The summed E-state index contributed by atoms with van der Waals surface area (Å²) in [4.78, 5) is 19.2. The van der Waals surface area contributed by atoms with E-state index < -0.39 is 18.0 Å². The number of alkyl halides is 2. The number of hydrogen-bond donors (Lipinski definition) is 1. The van der Waals surface area contributed by atoms with E-state index >= 15 is 0 Å². The van der Waals surface area contributed by atoms with E-state index in [0.717, 1.165) is 0 Å². The molecule has 1 aliphatic heterocycles. The van der Waals surface area contributed by atoms with Crippen LogP contribution in [-0.2, 0) is 11.8 Å². The molecule has 142 valence electrons. The highest BCUT2D eigenvalue weighted by atomic mass is 19.3. The largest absolute Gasteiger partial charge is 0.378 e. The predicted octanol–water partition coefficient (Wildman–Crippen LogP) is 1.49. The lowest BCUT2D eigenvalue weighted by molar-refractivity contribution is 0.102. The summed E-state index contributed by atoms with van der Waals surface area (Å²) in [5.74, 6) is 0.126. The van der Waals surface area contributed by atoms with Gasteiger partial charge >= 0.3 is 0 Å². The minimum Gasteiger partial charge on any atom is -0.378 e. The van der Waals surface area contributed by atoms with E-state index in [1.54, 1.807) is 6.20 Å². The van der Waals surface area contributed by atoms with E-state index in [4.69, 9.17) is 4.74 Å². The fourth-order valence-electron chi connectivity index (χ4n) is 2.94. The number of rotatable bonds is 4. The number of halogens is 2. The Bertz CT molecular complexity index is 978. The highest BCUT2D eigenvalue weighted by Gasteiger charge is 2.22. The maximum Gasteiger partial charge on any atom is 0.284 e. The molecule has 1 aliphatic rings. The summed E-state index contributed by atoms with van der Waals surface area (Å²) < 4.78 is 34.2. The van der Waals surface area contributed by atoms with Gasteiger partial charge in [0.15, 0.2) is 11.3 Å². The number of amides is 1. The van der Waals surface area contributed by atoms with Crippen molar-refractivity contribution in [3.63, 3.8) is 0 Å². The molecule has 0 radical (unpaired) electrons. The van der Waals surface area contributed by atoms with Crippen LogP contribution >= 0.6 is 0 Å². The van der Waals surface area contributed by atoms with Crippen molar-refractivity contribution in [3.05, 3.63) is 35.9 Å². The number of anilines is 2. The van der Waals surface area contributed by atoms with Gasteiger partial charge in [0.05, 0.1) is 25.1 Å². The van der Waals surface area contributed by atoms with Gasteiger partial charge in [0.25, 0.3) is 12.3 Å². The Kier molecular flexibility index (Phi) is 4.44. The van der Waals surface area contributed by atoms with Gasteiger partial charge in [-0.25, -0.2) is 18.3 Å². The number of carbonyl (C=O) groups is 1. The van der Waals surface area contributed by atoms with Crippen molar-refractivity contribution in [1.29, 1.82) is 0 Å². The molecule has 1 saturated heterocycles. The molecule has 0 atom stereocenters. The van der Waals surface area contributed by atoms with Gasteiger partial charge in [0.1, 0.15) is 11.4 Å². The fraction of sp³-hybridized carbons (Fsp3) is 0.375. The van der Waals surface area contributed by atoms with Crippen molar-refractivity contribution in [2.24, 2.45) is 7.05 Å². The van der Waals surface area contributed by atoms with Crippen LogP contribution in [0.25, 0.3) is 5.65 Å². The third-order valence-corrected chi connectivity index (χ3v) is 4.25. The van der Waals surface area contributed by atoms with Gasteiger partial charge < -0.3 is 15.0 Å². The molecule has 0 aliphatic carbocycles. The number of aryl methyl sites for hydroxylation is 1. The fourth-order valence-corrected chi connectivity index (χ4v) is 2.94. The zero-order valence-electron chi connectivity index (χ0n) is 14.5. The highest BCUT2D eigenvalue weighted by molar-refractivity contribution is 6.08. The first-order valence-corrected chi connectivity index (χ1v) is 8.33. The van der Waals surface area contributed by atoms with E-state index in [0.29, 0.717) is 37.8 Å². The van der Waals surface area contributed by atoms with Crippen LogP contribution in [0, 0.1) is 0 Å². The Morgan fingerprint density at radius 3 is 2.85 bits per heavy atom. The third kappa shape index (κ3) is 3.33.